The average molecular weight is 418 g/mol. The van der Waals surface area contributed by atoms with Crippen LogP contribution in [-0.4, -0.2) is 39.8 Å². The second kappa shape index (κ2) is 8.06. The first-order valence-electron chi connectivity index (χ1n) is 8.50. The minimum absolute atomic E-state index is 0.00467. The van der Waals surface area contributed by atoms with Crippen LogP contribution >= 0.6 is 0 Å². The molecule has 1 N–H and O–H groups in total. The second-order valence-electron chi connectivity index (χ2n) is 6.27. The van der Waals surface area contributed by atoms with Crippen molar-refractivity contribution in [1.82, 2.24) is 4.31 Å². The highest BCUT2D eigenvalue weighted by Gasteiger charge is 2.21. The molecule has 0 saturated carbocycles. The number of anilines is 1. The summed E-state index contributed by atoms with van der Waals surface area (Å²) in [4.78, 5) is 12.6. The summed E-state index contributed by atoms with van der Waals surface area (Å²) in [5.74, 6) is -0.270. The number of ether oxygens (including phenoxy) is 1. The molecule has 0 aliphatic carbocycles. The van der Waals surface area contributed by atoms with E-state index in [-0.39, 0.29) is 22.2 Å². The van der Waals surface area contributed by atoms with Crippen LogP contribution in [0.3, 0.4) is 0 Å². The molecule has 0 aliphatic rings. The van der Waals surface area contributed by atoms with Crippen molar-refractivity contribution in [2.45, 2.75) is 4.90 Å². The molecule has 0 aliphatic heterocycles. The number of amides is 1. The highest BCUT2D eigenvalue weighted by molar-refractivity contribution is 7.89. The topological polar surface area (TPSA) is 88.9 Å². The van der Waals surface area contributed by atoms with Crippen LogP contribution in [0.5, 0.6) is 5.75 Å². The van der Waals surface area contributed by atoms with Gasteiger partial charge in [0.05, 0.1) is 17.7 Å². The van der Waals surface area contributed by atoms with Gasteiger partial charge in [-0.15, -0.1) is 0 Å². The van der Waals surface area contributed by atoms with E-state index in [1.165, 1.54) is 69.7 Å². The SMILES string of the molecule is COc1ccc(S(=O)(=O)N(C)C)cc1NC(=O)c1ccc(-c2ccc(F)cc2)o1. The largest absolute Gasteiger partial charge is 0.495 e. The second-order valence-corrected chi connectivity index (χ2v) is 8.43. The maximum atomic E-state index is 13.1. The maximum absolute atomic E-state index is 13.1. The molecule has 3 rings (SSSR count). The lowest BCUT2D eigenvalue weighted by Gasteiger charge is -2.14. The van der Waals surface area contributed by atoms with Crippen LogP contribution in [0.4, 0.5) is 10.1 Å². The van der Waals surface area contributed by atoms with Gasteiger partial charge in [0.2, 0.25) is 10.0 Å². The van der Waals surface area contributed by atoms with Crippen molar-refractivity contribution in [2.75, 3.05) is 26.5 Å². The number of nitrogens with zero attached hydrogens (tertiary/aromatic N) is 1. The first-order chi connectivity index (χ1) is 13.7. The van der Waals surface area contributed by atoms with Crippen molar-refractivity contribution < 1.29 is 26.8 Å². The van der Waals surface area contributed by atoms with Gasteiger partial charge in [-0.25, -0.2) is 17.1 Å². The molecule has 29 heavy (non-hydrogen) atoms. The van der Waals surface area contributed by atoms with Gasteiger partial charge in [0, 0.05) is 19.7 Å². The van der Waals surface area contributed by atoms with Crippen LogP contribution in [0.1, 0.15) is 10.6 Å². The number of methoxy groups -OCH3 is 1. The third kappa shape index (κ3) is 4.30. The van der Waals surface area contributed by atoms with E-state index in [0.29, 0.717) is 17.1 Å². The molecule has 3 aromatic rings. The van der Waals surface area contributed by atoms with E-state index in [1.54, 1.807) is 6.07 Å². The minimum Gasteiger partial charge on any atom is -0.495 e. The highest BCUT2D eigenvalue weighted by Crippen LogP contribution is 2.29. The van der Waals surface area contributed by atoms with Gasteiger partial charge in [0.1, 0.15) is 17.3 Å². The van der Waals surface area contributed by atoms with E-state index >= 15 is 0 Å². The van der Waals surface area contributed by atoms with Crippen LogP contribution in [0.25, 0.3) is 11.3 Å². The summed E-state index contributed by atoms with van der Waals surface area (Å²) in [6.07, 6.45) is 0. The Morgan fingerprint density at radius 1 is 1.07 bits per heavy atom. The lowest BCUT2D eigenvalue weighted by atomic mass is 10.2. The van der Waals surface area contributed by atoms with E-state index in [9.17, 15) is 17.6 Å². The molecule has 0 spiro atoms. The Morgan fingerprint density at radius 2 is 1.76 bits per heavy atom. The van der Waals surface area contributed by atoms with E-state index in [0.717, 1.165) is 4.31 Å². The summed E-state index contributed by atoms with van der Waals surface area (Å²) >= 11 is 0. The quantitative estimate of drug-likeness (QED) is 0.661. The summed E-state index contributed by atoms with van der Waals surface area (Å²) in [7, 11) is 0.548. The van der Waals surface area contributed by atoms with Crippen LogP contribution in [0, 0.1) is 5.82 Å². The molecule has 9 heteroatoms. The molecule has 1 amide bonds. The van der Waals surface area contributed by atoms with Crippen molar-refractivity contribution in [3.8, 4) is 17.1 Å². The third-order valence-electron chi connectivity index (χ3n) is 4.16. The summed E-state index contributed by atoms with van der Waals surface area (Å²) in [5.41, 5.74) is 0.794. The number of halogens is 1. The van der Waals surface area contributed by atoms with Gasteiger partial charge < -0.3 is 14.5 Å². The van der Waals surface area contributed by atoms with Gasteiger partial charge in [0.15, 0.2) is 5.76 Å². The number of carbonyl (C=O) groups excluding carboxylic acids is 1. The molecule has 0 fully saturated rings. The molecular weight excluding hydrogens is 399 g/mol. The van der Waals surface area contributed by atoms with Crippen molar-refractivity contribution in [2.24, 2.45) is 0 Å². The number of benzene rings is 2. The lowest BCUT2D eigenvalue weighted by molar-refractivity contribution is 0.0997. The maximum Gasteiger partial charge on any atom is 0.291 e. The molecule has 0 saturated heterocycles. The number of hydrogen-bond donors (Lipinski definition) is 1. The average Bonchev–Trinajstić information content (AvgIpc) is 3.18. The van der Waals surface area contributed by atoms with Crippen LogP contribution in [-0.2, 0) is 10.0 Å². The van der Waals surface area contributed by atoms with Gasteiger partial charge in [-0.3, -0.25) is 4.79 Å². The molecular formula is C20H19FN2O5S. The monoisotopic (exact) mass is 418 g/mol. The van der Waals surface area contributed by atoms with Crippen molar-refractivity contribution >= 4 is 21.6 Å². The predicted octanol–water partition coefficient (Wildman–Crippen LogP) is 3.60. The molecule has 0 atom stereocenters. The first kappa shape index (κ1) is 20.6. The van der Waals surface area contributed by atoms with Gasteiger partial charge in [-0.05, 0) is 54.6 Å². The van der Waals surface area contributed by atoms with E-state index in [4.69, 9.17) is 9.15 Å². The fourth-order valence-electron chi connectivity index (χ4n) is 2.57. The number of furan rings is 1. The number of sulfonamides is 1. The zero-order valence-corrected chi connectivity index (χ0v) is 16.8. The van der Waals surface area contributed by atoms with Gasteiger partial charge in [-0.1, -0.05) is 0 Å². The van der Waals surface area contributed by atoms with Gasteiger partial charge in [-0.2, -0.15) is 0 Å². The smallest absolute Gasteiger partial charge is 0.291 e. The predicted molar refractivity (Wildman–Crippen MR) is 106 cm³/mol. The molecule has 1 heterocycles. The summed E-state index contributed by atoms with van der Waals surface area (Å²) < 4.78 is 49.6. The Morgan fingerprint density at radius 3 is 2.38 bits per heavy atom. The van der Waals surface area contributed by atoms with Crippen molar-refractivity contribution in [1.29, 1.82) is 0 Å². The van der Waals surface area contributed by atoms with E-state index < -0.39 is 15.9 Å². The minimum atomic E-state index is -3.69. The zero-order valence-electron chi connectivity index (χ0n) is 16.0. The Balaban J connectivity index is 1.88. The molecule has 0 unspecified atom stereocenters. The molecule has 152 valence electrons. The Hall–Kier alpha value is -3.17. The first-order valence-corrected chi connectivity index (χ1v) is 9.94. The third-order valence-corrected chi connectivity index (χ3v) is 5.97. The van der Waals surface area contributed by atoms with E-state index in [2.05, 4.69) is 5.32 Å². The van der Waals surface area contributed by atoms with Gasteiger partial charge >= 0.3 is 0 Å². The molecule has 0 radical (unpaired) electrons. The molecule has 2 aromatic carbocycles. The van der Waals surface area contributed by atoms with Crippen molar-refractivity contribution in [3.63, 3.8) is 0 Å². The standard InChI is InChI=1S/C20H19FN2O5S/c1-23(2)29(25,26)15-8-9-18(27-3)16(12-15)22-20(24)19-11-10-17(28-19)13-4-6-14(21)7-5-13/h4-12H,1-3H3,(H,22,24). The Labute approximate surface area is 167 Å². The number of rotatable bonds is 6. The fourth-order valence-corrected chi connectivity index (χ4v) is 3.50. The number of hydrogen-bond acceptors (Lipinski definition) is 5. The number of nitrogens with one attached hydrogen (secondary N) is 1. The number of carbonyl (C=O) groups is 1. The summed E-state index contributed by atoms with van der Waals surface area (Å²) in [5, 5.41) is 2.60. The van der Waals surface area contributed by atoms with Crippen LogP contribution < -0.4 is 10.1 Å². The Bertz CT molecular complexity index is 1140. The van der Waals surface area contributed by atoms with Crippen LogP contribution in [0.2, 0.25) is 0 Å². The summed E-state index contributed by atoms with van der Waals surface area (Å²) in [6.45, 7) is 0. The fraction of sp³-hybridized carbons (Fsp3) is 0.150. The highest BCUT2D eigenvalue weighted by atomic mass is 32.2. The summed E-state index contributed by atoms with van der Waals surface area (Å²) in [6, 6.07) is 12.9. The zero-order chi connectivity index (χ0) is 21.2. The lowest BCUT2D eigenvalue weighted by Crippen LogP contribution is -2.22. The van der Waals surface area contributed by atoms with Crippen LogP contribution in [0.15, 0.2) is 63.9 Å². The molecule has 0 bridgehead atoms. The molecule has 1 aromatic heterocycles. The van der Waals surface area contributed by atoms with Gasteiger partial charge in [0.25, 0.3) is 5.91 Å². The Kier molecular flexibility index (Phi) is 5.71. The van der Waals surface area contributed by atoms with Crippen molar-refractivity contribution in [3.05, 3.63) is 66.2 Å². The normalized spacial score (nSPS) is 11.5. The molecule has 7 nitrogen and oxygen atoms in total. The van der Waals surface area contributed by atoms with E-state index in [1.807, 2.05) is 0 Å².